The fourth-order valence-electron chi connectivity index (χ4n) is 2.63. The number of methoxy groups -OCH3 is 1. The normalized spacial score (nSPS) is 12.1. The summed E-state index contributed by atoms with van der Waals surface area (Å²) in [7, 11) is -2.37. The molecule has 1 N–H and O–H groups in total. The van der Waals surface area contributed by atoms with Crippen molar-refractivity contribution in [2.45, 2.75) is 24.3 Å². The third kappa shape index (κ3) is 6.76. The van der Waals surface area contributed by atoms with E-state index in [-0.39, 0.29) is 17.9 Å². The molecule has 0 heterocycles. The second-order valence-corrected chi connectivity index (χ2v) is 8.54. The zero-order valence-electron chi connectivity index (χ0n) is 16.1. The molecule has 0 aliphatic heterocycles. The van der Waals surface area contributed by atoms with Gasteiger partial charge in [-0.2, -0.15) is 0 Å². The molecule has 0 saturated carbocycles. The number of amides is 1. The average molecular weight is 440 g/mol. The fourth-order valence-corrected chi connectivity index (χ4v) is 3.90. The standard InChI is InChI=1S/C20H22ClNO6S/c1-3-28-20(24)12-18(14-5-4-6-16(11-14)27-2)22-19(23)13-29(25,26)17-9-7-15(21)8-10-17/h4-11,18H,3,12-13H2,1-2H3,(H,22,23). The van der Waals surface area contributed by atoms with E-state index in [0.717, 1.165) is 0 Å². The first kappa shape index (κ1) is 22.7. The maximum Gasteiger partial charge on any atom is 0.308 e. The van der Waals surface area contributed by atoms with Gasteiger partial charge in [0, 0.05) is 5.02 Å². The fraction of sp³-hybridized carbons (Fsp3) is 0.300. The molecule has 1 amide bonds. The second kappa shape index (κ2) is 10.3. The quantitative estimate of drug-likeness (QED) is 0.603. The summed E-state index contributed by atoms with van der Waals surface area (Å²) < 4.78 is 35.1. The molecule has 0 fully saturated rings. The number of rotatable bonds is 9. The second-order valence-electron chi connectivity index (χ2n) is 6.12. The van der Waals surface area contributed by atoms with Crippen molar-refractivity contribution >= 4 is 33.3 Å². The summed E-state index contributed by atoms with van der Waals surface area (Å²) in [6.45, 7) is 1.87. The molecule has 2 aromatic carbocycles. The molecule has 0 aliphatic rings. The highest BCUT2D eigenvalue weighted by molar-refractivity contribution is 7.92. The van der Waals surface area contributed by atoms with Crippen LogP contribution in [0.15, 0.2) is 53.4 Å². The van der Waals surface area contributed by atoms with Crippen molar-refractivity contribution in [2.24, 2.45) is 0 Å². The Labute approximate surface area is 174 Å². The van der Waals surface area contributed by atoms with Crippen molar-refractivity contribution in [3.63, 3.8) is 0 Å². The smallest absolute Gasteiger partial charge is 0.308 e. The zero-order valence-corrected chi connectivity index (χ0v) is 17.6. The maximum absolute atomic E-state index is 12.5. The molecule has 2 rings (SSSR count). The molecule has 0 bridgehead atoms. The van der Waals surface area contributed by atoms with Gasteiger partial charge in [0.05, 0.1) is 31.1 Å². The molecule has 7 nitrogen and oxygen atoms in total. The van der Waals surface area contributed by atoms with Crippen molar-refractivity contribution in [3.8, 4) is 5.75 Å². The first-order chi connectivity index (χ1) is 13.7. The van der Waals surface area contributed by atoms with Crippen LogP contribution >= 0.6 is 11.6 Å². The molecular formula is C20H22ClNO6S. The van der Waals surface area contributed by atoms with Crippen molar-refractivity contribution < 1.29 is 27.5 Å². The van der Waals surface area contributed by atoms with Crippen LogP contribution < -0.4 is 10.1 Å². The number of hydrogen-bond donors (Lipinski definition) is 1. The monoisotopic (exact) mass is 439 g/mol. The van der Waals surface area contributed by atoms with E-state index in [0.29, 0.717) is 16.3 Å². The number of ether oxygens (including phenoxy) is 2. The summed E-state index contributed by atoms with van der Waals surface area (Å²) in [5, 5.41) is 3.00. The van der Waals surface area contributed by atoms with E-state index in [1.54, 1.807) is 31.2 Å². The van der Waals surface area contributed by atoms with Gasteiger partial charge in [0.2, 0.25) is 5.91 Å². The van der Waals surface area contributed by atoms with Crippen LogP contribution in [-0.2, 0) is 24.2 Å². The highest BCUT2D eigenvalue weighted by Gasteiger charge is 2.24. The number of sulfone groups is 1. The van der Waals surface area contributed by atoms with Crippen molar-refractivity contribution in [1.82, 2.24) is 5.32 Å². The Hall–Kier alpha value is -2.58. The van der Waals surface area contributed by atoms with Crippen LogP contribution in [0.3, 0.4) is 0 Å². The first-order valence-electron chi connectivity index (χ1n) is 8.82. The van der Waals surface area contributed by atoms with Crippen LogP contribution in [0.1, 0.15) is 24.9 Å². The lowest BCUT2D eigenvalue weighted by Crippen LogP contribution is -2.35. The van der Waals surface area contributed by atoms with Crippen LogP contribution in [0.25, 0.3) is 0 Å². The Kier molecular flexibility index (Phi) is 8.04. The lowest BCUT2D eigenvalue weighted by Gasteiger charge is -2.19. The Balaban J connectivity index is 2.19. The molecule has 0 spiro atoms. The van der Waals surface area contributed by atoms with E-state index in [4.69, 9.17) is 21.1 Å². The minimum absolute atomic E-state index is 0.0135. The summed E-state index contributed by atoms with van der Waals surface area (Å²) in [5.41, 5.74) is 0.592. The van der Waals surface area contributed by atoms with Crippen LogP contribution in [0.2, 0.25) is 5.02 Å². The number of esters is 1. The lowest BCUT2D eigenvalue weighted by atomic mass is 10.0. The third-order valence-electron chi connectivity index (χ3n) is 4.00. The molecule has 1 atom stereocenters. The molecule has 1 unspecified atom stereocenters. The number of hydrogen-bond acceptors (Lipinski definition) is 6. The van der Waals surface area contributed by atoms with Crippen molar-refractivity contribution in [3.05, 3.63) is 59.1 Å². The number of benzene rings is 2. The lowest BCUT2D eigenvalue weighted by molar-refractivity contribution is -0.143. The van der Waals surface area contributed by atoms with E-state index in [9.17, 15) is 18.0 Å². The molecular weight excluding hydrogens is 418 g/mol. The summed E-state index contributed by atoms with van der Waals surface area (Å²) in [6, 6.07) is 11.6. The predicted octanol–water partition coefficient (Wildman–Crippen LogP) is 2.93. The minimum Gasteiger partial charge on any atom is -0.497 e. The zero-order chi connectivity index (χ0) is 21.4. The summed E-state index contributed by atoms with van der Waals surface area (Å²) in [5.74, 6) is -1.48. The van der Waals surface area contributed by atoms with Gasteiger partial charge in [-0.15, -0.1) is 0 Å². The van der Waals surface area contributed by atoms with Crippen LogP contribution in [0, 0.1) is 0 Å². The molecule has 156 valence electrons. The number of carbonyl (C=O) groups excluding carboxylic acids is 2. The van der Waals surface area contributed by atoms with Crippen molar-refractivity contribution in [1.29, 1.82) is 0 Å². The van der Waals surface area contributed by atoms with E-state index in [2.05, 4.69) is 5.32 Å². The highest BCUT2D eigenvalue weighted by atomic mass is 35.5. The van der Waals surface area contributed by atoms with Gasteiger partial charge >= 0.3 is 5.97 Å². The van der Waals surface area contributed by atoms with Gasteiger partial charge in [0.1, 0.15) is 11.5 Å². The van der Waals surface area contributed by atoms with Gasteiger partial charge in [-0.25, -0.2) is 8.42 Å². The SMILES string of the molecule is CCOC(=O)CC(NC(=O)CS(=O)(=O)c1ccc(Cl)cc1)c1cccc(OC)c1. The number of nitrogens with one attached hydrogen (secondary N) is 1. The third-order valence-corrected chi connectivity index (χ3v) is 5.89. The summed E-state index contributed by atoms with van der Waals surface area (Å²) >= 11 is 5.77. The molecule has 0 radical (unpaired) electrons. The van der Waals surface area contributed by atoms with Crippen LogP contribution in [0.5, 0.6) is 5.75 Å². The molecule has 2 aromatic rings. The largest absolute Gasteiger partial charge is 0.497 e. The molecule has 29 heavy (non-hydrogen) atoms. The van der Waals surface area contributed by atoms with Gasteiger partial charge in [-0.05, 0) is 48.9 Å². The van der Waals surface area contributed by atoms with Gasteiger partial charge in [0.25, 0.3) is 0 Å². The Bertz CT molecular complexity index is 959. The molecule has 0 saturated heterocycles. The van der Waals surface area contributed by atoms with Crippen molar-refractivity contribution in [2.75, 3.05) is 19.5 Å². The summed E-state index contributed by atoms with van der Waals surface area (Å²) in [6.07, 6.45) is -0.145. The number of carbonyl (C=O) groups is 2. The topological polar surface area (TPSA) is 98.8 Å². The molecule has 0 aliphatic carbocycles. The predicted molar refractivity (Wildman–Crippen MR) is 109 cm³/mol. The van der Waals surface area contributed by atoms with E-state index in [1.807, 2.05) is 0 Å². The van der Waals surface area contributed by atoms with E-state index >= 15 is 0 Å². The summed E-state index contributed by atoms with van der Waals surface area (Å²) in [4.78, 5) is 24.4. The maximum atomic E-state index is 12.5. The van der Waals surface area contributed by atoms with Crippen LogP contribution in [0.4, 0.5) is 0 Å². The first-order valence-corrected chi connectivity index (χ1v) is 10.9. The molecule has 9 heteroatoms. The van der Waals surface area contributed by atoms with E-state index in [1.165, 1.54) is 31.4 Å². The average Bonchev–Trinajstić information content (AvgIpc) is 2.67. The minimum atomic E-state index is -3.87. The van der Waals surface area contributed by atoms with E-state index < -0.39 is 33.5 Å². The Morgan fingerprint density at radius 2 is 1.83 bits per heavy atom. The van der Waals surface area contributed by atoms with Crippen LogP contribution in [-0.4, -0.2) is 39.8 Å². The Morgan fingerprint density at radius 1 is 1.14 bits per heavy atom. The molecule has 0 aromatic heterocycles. The van der Waals surface area contributed by atoms with Gasteiger partial charge in [-0.1, -0.05) is 23.7 Å². The van der Waals surface area contributed by atoms with Gasteiger partial charge < -0.3 is 14.8 Å². The number of halogens is 1. The highest BCUT2D eigenvalue weighted by Crippen LogP contribution is 2.23. The van der Waals surface area contributed by atoms with Gasteiger partial charge in [0.15, 0.2) is 9.84 Å². The van der Waals surface area contributed by atoms with Gasteiger partial charge in [-0.3, -0.25) is 9.59 Å². The Morgan fingerprint density at radius 3 is 2.45 bits per heavy atom.